The van der Waals surface area contributed by atoms with E-state index < -0.39 is 9.05 Å². The molecule has 10 heavy (non-hydrogen) atoms. The Hall–Kier alpha value is 0.240. The van der Waals surface area contributed by atoms with Crippen molar-refractivity contribution in [1.29, 1.82) is 0 Å². The molecule has 4 heteroatoms. The summed E-state index contributed by atoms with van der Waals surface area (Å²) < 4.78 is 21.5. The van der Waals surface area contributed by atoms with Gasteiger partial charge in [-0.25, -0.2) is 8.42 Å². The minimum Gasteiger partial charge on any atom is -0.212 e. The van der Waals surface area contributed by atoms with Gasteiger partial charge in [0.25, 0.3) is 0 Å². The summed E-state index contributed by atoms with van der Waals surface area (Å²) in [6, 6.07) is 0. The maximum atomic E-state index is 10.8. The van der Waals surface area contributed by atoms with Gasteiger partial charge in [-0.1, -0.05) is 0 Å². The lowest BCUT2D eigenvalue weighted by Gasteiger charge is -2.04. The van der Waals surface area contributed by atoms with Crippen LogP contribution in [0.25, 0.3) is 0 Å². The van der Waals surface area contributed by atoms with E-state index in [0.717, 1.165) is 12.8 Å². The largest absolute Gasteiger partial charge is 0.235 e. The van der Waals surface area contributed by atoms with Gasteiger partial charge in [-0.2, -0.15) is 0 Å². The summed E-state index contributed by atoms with van der Waals surface area (Å²) >= 11 is 0. The minimum atomic E-state index is -3.23. The fourth-order valence-electron chi connectivity index (χ4n) is 1.89. The summed E-state index contributed by atoms with van der Waals surface area (Å²) in [5.41, 5.74) is 0. The molecule has 0 heterocycles. The summed E-state index contributed by atoms with van der Waals surface area (Å²) in [4.78, 5) is 0. The van der Waals surface area contributed by atoms with Crippen LogP contribution in [0.2, 0.25) is 0 Å². The molecule has 2 aliphatic carbocycles. The van der Waals surface area contributed by atoms with E-state index in [9.17, 15) is 8.42 Å². The number of fused-ring (bicyclic) bond motifs is 1. The molecule has 0 aromatic heterocycles. The van der Waals surface area contributed by atoms with Crippen molar-refractivity contribution in [3.63, 3.8) is 0 Å². The van der Waals surface area contributed by atoms with Gasteiger partial charge in [0, 0.05) is 10.7 Å². The first-order chi connectivity index (χ1) is 4.57. The first-order valence-electron chi connectivity index (χ1n) is 3.51. The molecule has 0 spiro atoms. The summed E-state index contributed by atoms with van der Waals surface area (Å²) in [5, 5.41) is -0.224. The van der Waals surface area contributed by atoms with Crippen molar-refractivity contribution in [3.05, 3.63) is 0 Å². The lowest BCUT2D eigenvalue weighted by Crippen LogP contribution is -2.13. The molecular weight excluding hydrogens is 172 g/mol. The molecule has 2 rings (SSSR count). The Bertz CT molecular complexity index is 236. The topological polar surface area (TPSA) is 34.1 Å². The summed E-state index contributed by atoms with van der Waals surface area (Å²) in [6.45, 7) is 0. The van der Waals surface area contributed by atoms with Crippen molar-refractivity contribution in [2.45, 2.75) is 24.5 Å². The Labute approximate surface area is 65.0 Å². The van der Waals surface area contributed by atoms with Crippen LogP contribution in [0.4, 0.5) is 0 Å². The van der Waals surface area contributed by atoms with E-state index in [1.54, 1.807) is 0 Å². The monoisotopic (exact) mass is 180 g/mol. The molecule has 2 atom stereocenters. The van der Waals surface area contributed by atoms with E-state index >= 15 is 0 Å². The van der Waals surface area contributed by atoms with Gasteiger partial charge in [-0.15, -0.1) is 0 Å². The third-order valence-electron chi connectivity index (χ3n) is 2.60. The highest BCUT2D eigenvalue weighted by atomic mass is 35.7. The van der Waals surface area contributed by atoms with E-state index in [1.807, 2.05) is 0 Å². The van der Waals surface area contributed by atoms with Gasteiger partial charge in [0.1, 0.15) is 0 Å². The summed E-state index contributed by atoms with van der Waals surface area (Å²) in [5.74, 6) is 1.39. The Morgan fingerprint density at radius 1 is 1.10 bits per heavy atom. The van der Waals surface area contributed by atoms with E-state index in [-0.39, 0.29) is 5.25 Å². The third-order valence-corrected chi connectivity index (χ3v) is 4.54. The van der Waals surface area contributed by atoms with Crippen molar-refractivity contribution in [2.24, 2.45) is 11.8 Å². The second kappa shape index (κ2) is 1.89. The van der Waals surface area contributed by atoms with Crippen LogP contribution in [-0.2, 0) is 9.05 Å². The SMILES string of the molecule is O=S(=O)(Cl)C1C[C@H]2C[C@@H]2C1. The van der Waals surface area contributed by atoms with Gasteiger partial charge < -0.3 is 0 Å². The molecule has 0 aromatic rings. The maximum absolute atomic E-state index is 10.8. The molecule has 0 saturated heterocycles. The van der Waals surface area contributed by atoms with Crippen molar-refractivity contribution < 1.29 is 8.42 Å². The first kappa shape index (κ1) is 6.92. The minimum absolute atomic E-state index is 0.224. The number of hydrogen-bond acceptors (Lipinski definition) is 2. The first-order valence-corrected chi connectivity index (χ1v) is 5.88. The van der Waals surface area contributed by atoms with Gasteiger partial charge >= 0.3 is 0 Å². The molecule has 0 aliphatic heterocycles. The van der Waals surface area contributed by atoms with Crippen molar-refractivity contribution in [2.75, 3.05) is 0 Å². The molecule has 0 amide bonds. The van der Waals surface area contributed by atoms with Gasteiger partial charge in [-0.05, 0) is 31.1 Å². The maximum Gasteiger partial charge on any atom is 0.235 e. The van der Waals surface area contributed by atoms with Gasteiger partial charge in [0.15, 0.2) is 0 Å². The molecule has 2 aliphatic rings. The summed E-state index contributed by atoms with van der Waals surface area (Å²) in [6.07, 6.45) is 2.87. The highest BCUT2D eigenvalue weighted by Crippen LogP contribution is 2.53. The number of halogens is 1. The van der Waals surface area contributed by atoms with Crippen molar-refractivity contribution in [1.82, 2.24) is 0 Å². The van der Waals surface area contributed by atoms with Crippen LogP contribution in [0.3, 0.4) is 0 Å². The van der Waals surface area contributed by atoms with Crippen molar-refractivity contribution in [3.8, 4) is 0 Å². The Morgan fingerprint density at radius 2 is 1.60 bits per heavy atom. The van der Waals surface area contributed by atoms with E-state index in [0.29, 0.717) is 11.8 Å². The van der Waals surface area contributed by atoms with E-state index in [4.69, 9.17) is 10.7 Å². The molecule has 0 radical (unpaired) electrons. The van der Waals surface area contributed by atoms with Gasteiger partial charge in [-0.3, -0.25) is 0 Å². The van der Waals surface area contributed by atoms with Crippen LogP contribution in [0.5, 0.6) is 0 Å². The molecule has 58 valence electrons. The fraction of sp³-hybridized carbons (Fsp3) is 1.00. The molecule has 0 N–H and O–H groups in total. The normalized spacial score (nSPS) is 39.7. The van der Waals surface area contributed by atoms with Gasteiger partial charge in [0.2, 0.25) is 9.05 Å². The molecule has 0 bridgehead atoms. The van der Waals surface area contributed by atoms with Crippen LogP contribution < -0.4 is 0 Å². The predicted molar refractivity (Wildman–Crippen MR) is 39.4 cm³/mol. The zero-order valence-electron chi connectivity index (χ0n) is 5.46. The lowest BCUT2D eigenvalue weighted by molar-refractivity contribution is 0.584. The summed E-state index contributed by atoms with van der Waals surface area (Å²) in [7, 11) is 1.96. The molecule has 2 saturated carbocycles. The predicted octanol–water partition coefficient (Wildman–Crippen LogP) is 1.35. The third kappa shape index (κ3) is 1.05. The fourth-order valence-corrected chi connectivity index (χ4v) is 3.28. The zero-order chi connectivity index (χ0) is 7.35. The Morgan fingerprint density at radius 3 is 1.90 bits per heavy atom. The molecule has 0 unspecified atom stereocenters. The zero-order valence-corrected chi connectivity index (χ0v) is 7.03. The van der Waals surface area contributed by atoms with Crippen LogP contribution in [0.1, 0.15) is 19.3 Å². The standard InChI is InChI=1S/C6H9ClO2S/c7-10(8,9)6-2-4-1-5(4)3-6/h4-6H,1-3H2/t4-,5-/m1/s1. The van der Waals surface area contributed by atoms with Gasteiger partial charge in [0.05, 0.1) is 5.25 Å². The highest BCUT2D eigenvalue weighted by Gasteiger charge is 2.49. The lowest BCUT2D eigenvalue weighted by atomic mass is 10.2. The average Bonchev–Trinajstić information content (AvgIpc) is 2.38. The smallest absolute Gasteiger partial charge is 0.212 e. The molecule has 0 aromatic carbocycles. The van der Waals surface area contributed by atoms with Crippen LogP contribution in [-0.4, -0.2) is 13.7 Å². The average molecular weight is 181 g/mol. The Kier molecular flexibility index (Phi) is 1.30. The van der Waals surface area contributed by atoms with E-state index in [1.165, 1.54) is 6.42 Å². The van der Waals surface area contributed by atoms with Crippen molar-refractivity contribution >= 4 is 19.7 Å². The highest BCUT2D eigenvalue weighted by molar-refractivity contribution is 8.14. The molecular formula is C6H9ClO2S. The molecule has 2 nitrogen and oxygen atoms in total. The second-order valence-corrected chi connectivity index (χ2v) is 6.23. The number of rotatable bonds is 1. The number of hydrogen-bond donors (Lipinski definition) is 0. The van der Waals surface area contributed by atoms with Crippen LogP contribution >= 0.6 is 10.7 Å². The van der Waals surface area contributed by atoms with E-state index in [2.05, 4.69) is 0 Å². The quantitative estimate of drug-likeness (QED) is 0.571. The van der Waals surface area contributed by atoms with Crippen LogP contribution in [0.15, 0.2) is 0 Å². The Balaban J connectivity index is 2.10. The molecule has 2 fully saturated rings. The second-order valence-electron chi connectivity index (χ2n) is 3.32. The van der Waals surface area contributed by atoms with Crippen LogP contribution in [0, 0.1) is 11.8 Å².